The number of para-hydroxylation sites is 1. The Morgan fingerprint density at radius 1 is 1.00 bits per heavy atom. The van der Waals surface area contributed by atoms with Crippen LogP contribution in [-0.4, -0.2) is 32.7 Å². The highest BCUT2D eigenvalue weighted by Gasteiger charge is 2.13. The summed E-state index contributed by atoms with van der Waals surface area (Å²) < 4.78 is 29.0. The number of nitrogens with one attached hydrogen (secondary N) is 1. The van der Waals surface area contributed by atoms with E-state index in [4.69, 9.17) is 14.2 Å². The third-order valence-electron chi connectivity index (χ3n) is 3.88. The van der Waals surface area contributed by atoms with Crippen LogP contribution in [0.15, 0.2) is 42.5 Å². The monoisotopic (exact) mass is 375 g/mol. The van der Waals surface area contributed by atoms with Crippen LogP contribution in [0.25, 0.3) is 0 Å². The van der Waals surface area contributed by atoms with Crippen LogP contribution in [0.2, 0.25) is 0 Å². The number of hydrogen-bond acceptors (Lipinski definition) is 5. The standard InChI is InChI=1S/C20H22FNO5/c1-25-17-9-5-7-14(20(17)26-2)10-11-19(24)27-13-18(23)22-12-15-6-3-4-8-16(15)21/h3-9H,10-13H2,1-2H3,(H,22,23). The van der Waals surface area contributed by atoms with Crippen LogP contribution < -0.4 is 14.8 Å². The first-order valence-corrected chi connectivity index (χ1v) is 8.40. The molecular formula is C20H22FNO5. The number of ether oxygens (including phenoxy) is 3. The maximum atomic E-state index is 13.5. The molecule has 0 aliphatic rings. The SMILES string of the molecule is COc1cccc(CCC(=O)OCC(=O)NCc2ccccc2F)c1OC. The van der Waals surface area contributed by atoms with Crippen molar-refractivity contribution >= 4 is 11.9 Å². The van der Waals surface area contributed by atoms with Crippen molar-refractivity contribution in [3.8, 4) is 11.5 Å². The number of aryl methyl sites for hydroxylation is 1. The minimum Gasteiger partial charge on any atom is -0.493 e. The predicted molar refractivity (Wildman–Crippen MR) is 97.1 cm³/mol. The summed E-state index contributed by atoms with van der Waals surface area (Å²) >= 11 is 0. The van der Waals surface area contributed by atoms with Gasteiger partial charge in [-0.25, -0.2) is 4.39 Å². The molecule has 0 aliphatic carbocycles. The molecular weight excluding hydrogens is 353 g/mol. The van der Waals surface area contributed by atoms with Crippen LogP contribution in [0, 0.1) is 5.82 Å². The summed E-state index contributed by atoms with van der Waals surface area (Å²) in [6.07, 6.45) is 0.472. The van der Waals surface area contributed by atoms with Crippen molar-refractivity contribution in [2.24, 2.45) is 0 Å². The number of carbonyl (C=O) groups is 2. The number of benzene rings is 2. The van der Waals surface area contributed by atoms with Gasteiger partial charge in [-0.3, -0.25) is 9.59 Å². The Morgan fingerprint density at radius 3 is 2.44 bits per heavy atom. The van der Waals surface area contributed by atoms with E-state index in [0.717, 1.165) is 5.56 Å². The molecule has 0 saturated carbocycles. The lowest BCUT2D eigenvalue weighted by molar-refractivity contribution is -0.148. The molecule has 0 aromatic heterocycles. The zero-order chi connectivity index (χ0) is 19.6. The Bertz CT molecular complexity index is 794. The molecule has 144 valence electrons. The number of amides is 1. The minimum atomic E-state index is -0.513. The summed E-state index contributed by atoms with van der Waals surface area (Å²) in [6, 6.07) is 11.5. The van der Waals surface area contributed by atoms with Gasteiger partial charge in [0.2, 0.25) is 0 Å². The fourth-order valence-corrected chi connectivity index (χ4v) is 2.49. The van der Waals surface area contributed by atoms with Crippen LogP contribution in [-0.2, 0) is 27.3 Å². The second kappa shape index (κ2) is 10.2. The molecule has 7 heteroatoms. The largest absolute Gasteiger partial charge is 0.493 e. The molecule has 2 aromatic carbocycles. The molecule has 6 nitrogen and oxygen atoms in total. The number of methoxy groups -OCH3 is 2. The third-order valence-corrected chi connectivity index (χ3v) is 3.88. The van der Waals surface area contributed by atoms with E-state index in [1.54, 1.807) is 30.3 Å². The predicted octanol–water partition coefficient (Wildman–Crippen LogP) is 2.64. The van der Waals surface area contributed by atoms with Gasteiger partial charge in [0.15, 0.2) is 18.1 Å². The van der Waals surface area contributed by atoms with Gasteiger partial charge in [-0.2, -0.15) is 0 Å². The molecule has 0 bridgehead atoms. The van der Waals surface area contributed by atoms with Crippen molar-refractivity contribution < 1.29 is 28.2 Å². The lowest BCUT2D eigenvalue weighted by atomic mass is 10.1. The van der Waals surface area contributed by atoms with E-state index in [1.807, 2.05) is 6.07 Å². The van der Waals surface area contributed by atoms with Gasteiger partial charge < -0.3 is 19.5 Å². The fraction of sp³-hybridized carbons (Fsp3) is 0.300. The lowest BCUT2D eigenvalue weighted by Gasteiger charge is -2.12. The van der Waals surface area contributed by atoms with Crippen molar-refractivity contribution in [1.82, 2.24) is 5.32 Å². The molecule has 1 amide bonds. The topological polar surface area (TPSA) is 73.9 Å². The summed E-state index contributed by atoms with van der Waals surface area (Å²) in [4.78, 5) is 23.6. The molecule has 0 spiro atoms. The van der Waals surface area contributed by atoms with E-state index in [9.17, 15) is 14.0 Å². The quantitative estimate of drug-likeness (QED) is 0.682. The molecule has 0 aliphatic heterocycles. The van der Waals surface area contributed by atoms with Gasteiger partial charge in [0.25, 0.3) is 5.91 Å². The number of rotatable bonds is 9. The average Bonchev–Trinajstić information content (AvgIpc) is 2.69. The molecule has 2 rings (SSSR count). The fourth-order valence-electron chi connectivity index (χ4n) is 2.49. The highest BCUT2D eigenvalue weighted by Crippen LogP contribution is 2.31. The normalized spacial score (nSPS) is 10.2. The van der Waals surface area contributed by atoms with Crippen molar-refractivity contribution in [3.63, 3.8) is 0 Å². The Labute approximate surface area is 157 Å². The van der Waals surface area contributed by atoms with Gasteiger partial charge in [0.05, 0.1) is 14.2 Å². The Kier molecular flexibility index (Phi) is 7.61. The minimum absolute atomic E-state index is 0.0318. The lowest BCUT2D eigenvalue weighted by Crippen LogP contribution is -2.28. The van der Waals surface area contributed by atoms with E-state index >= 15 is 0 Å². The van der Waals surface area contributed by atoms with Gasteiger partial charge in [-0.15, -0.1) is 0 Å². The summed E-state index contributed by atoms with van der Waals surface area (Å²) in [7, 11) is 3.06. The molecule has 2 aromatic rings. The first-order valence-electron chi connectivity index (χ1n) is 8.40. The van der Waals surface area contributed by atoms with Crippen molar-refractivity contribution in [1.29, 1.82) is 0 Å². The number of esters is 1. The van der Waals surface area contributed by atoms with Gasteiger partial charge in [-0.1, -0.05) is 30.3 Å². The molecule has 1 N–H and O–H groups in total. The smallest absolute Gasteiger partial charge is 0.306 e. The van der Waals surface area contributed by atoms with Crippen LogP contribution in [0.1, 0.15) is 17.5 Å². The van der Waals surface area contributed by atoms with Crippen LogP contribution in [0.3, 0.4) is 0 Å². The summed E-state index contributed by atoms with van der Waals surface area (Å²) in [5.41, 5.74) is 1.17. The van der Waals surface area contributed by atoms with Crippen LogP contribution in [0.4, 0.5) is 4.39 Å². The summed E-state index contributed by atoms with van der Waals surface area (Å²) in [5.74, 6) is -0.264. The van der Waals surface area contributed by atoms with E-state index in [1.165, 1.54) is 20.3 Å². The van der Waals surface area contributed by atoms with Crippen LogP contribution >= 0.6 is 0 Å². The van der Waals surface area contributed by atoms with Gasteiger partial charge in [0.1, 0.15) is 5.82 Å². The zero-order valence-corrected chi connectivity index (χ0v) is 15.3. The van der Waals surface area contributed by atoms with Gasteiger partial charge >= 0.3 is 5.97 Å². The summed E-state index contributed by atoms with van der Waals surface area (Å²) in [5, 5.41) is 2.51. The highest BCUT2D eigenvalue weighted by atomic mass is 19.1. The molecule has 0 heterocycles. The van der Waals surface area contributed by atoms with Crippen LogP contribution in [0.5, 0.6) is 11.5 Å². The maximum absolute atomic E-state index is 13.5. The Balaban J connectivity index is 1.76. The average molecular weight is 375 g/mol. The number of halogens is 1. The van der Waals surface area contributed by atoms with E-state index in [2.05, 4.69) is 5.32 Å². The van der Waals surface area contributed by atoms with E-state index in [-0.39, 0.29) is 13.0 Å². The second-order valence-electron chi connectivity index (χ2n) is 5.68. The van der Waals surface area contributed by atoms with Gasteiger partial charge in [0, 0.05) is 18.5 Å². The third kappa shape index (κ3) is 5.99. The highest BCUT2D eigenvalue weighted by molar-refractivity contribution is 5.80. The first-order chi connectivity index (χ1) is 13.0. The van der Waals surface area contributed by atoms with Gasteiger partial charge in [-0.05, 0) is 24.1 Å². The number of carbonyl (C=O) groups excluding carboxylic acids is 2. The molecule has 0 fully saturated rings. The zero-order valence-electron chi connectivity index (χ0n) is 15.3. The Hall–Kier alpha value is -3.09. The Morgan fingerprint density at radius 2 is 1.74 bits per heavy atom. The van der Waals surface area contributed by atoms with Crippen molar-refractivity contribution in [2.75, 3.05) is 20.8 Å². The first kappa shape index (κ1) is 20.2. The summed E-state index contributed by atoms with van der Waals surface area (Å²) in [6.45, 7) is -0.382. The molecule has 0 unspecified atom stereocenters. The van der Waals surface area contributed by atoms with Crippen molar-refractivity contribution in [2.45, 2.75) is 19.4 Å². The second-order valence-corrected chi connectivity index (χ2v) is 5.68. The molecule has 27 heavy (non-hydrogen) atoms. The molecule has 0 radical (unpaired) electrons. The maximum Gasteiger partial charge on any atom is 0.306 e. The molecule has 0 atom stereocenters. The van der Waals surface area contributed by atoms with Crippen molar-refractivity contribution in [3.05, 3.63) is 59.4 Å². The molecule has 0 saturated heterocycles. The van der Waals surface area contributed by atoms with E-state index in [0.29, 0.717) is 23.5 Å². The van der Waals surface area contributed by atoms with E-state index < -0.39 is 24.3 Å². The number of hydrogen-bond donors (Lipinski definition) is 1.